The van der Waals surface area contributed by atoms with Crippen molar-refractivity contribution < 1.29 is 44.9 Å². The molecule has 3 nitrogen and oxygen atoms in total. The van der Waals surface area contributed by atoms with E-state index in [1.165, 1.54) is 0 Å². The van der Waals surface area contributed by atoms with Crippen LogP contribution in [0, 0.1) is 0 Å². The summed E-state index contributed by atoms with van der Waals surface area (Å²) < 4.78 is 13.4. The predicted molar refractivity (Wildman–Crippen MR) is 25.1 cm³/mol. The van der Waals surface area contributed by atoms with Gasteiger partial charge in [0, 0.05) is 6.42 Å². The fraction of sp³-hybridized carbons (Fsp3) is 0.667. The average molecular weight is 144 g/mol. The van der Waals surface area contributed by atoms with Crippen LogP contribution in [0.25, 0.3) is 0 Å². The SMILES string of the molecule is CCC(=O)OP=O.[H-].[Na+]. The summed E-state index contributed by atoms with van der Waals surface area (Å²) in [7, 11) is -0.560. The van der Waals surface area contributed by atoms with E-state index in [-0.39, 0.29) is 37.4 Å². The molecule has 0 fully saturated rings. The Hall–Kier alpha value is 0.570. The third-order valence-electron chi connectivity index (χ3n) is 0.428. The molecular formula is C3H6NaO3P. The van der Waals surface area contributed by atoms with Gasteiger partial charge < -0.3 is 5.95 Å². The third kappa shape index (κ3) is 6.57. The second-order valence-corrected chi connectivity index (χ2v) is 1.22. The molecule has 0 spiro atoms. The first kappa shape index (κ1) is 11.4. The van der Waals surface area contributed by atoms with Crippen molar-refractivity contribution in [2.45, 2.75) is 13.3 Å². The quantitative estimate of drug-likeness (QED) is 0.341. The van der Waals surface area contributed by atoms with Crippen LogP contribution in [0.4, 0.5) is 0 Å². The molecule has 0 saturated heterocycles. The first-order valence-electron chi connectivity index (χ1n) is 1.83. The normalized spacial score (nSPS) is 7.62. The van der Waals surface area contributed by atoms with E-state index in [9.17, 15) is 9.36 Å². The molecule has 0 aromatic heterocycles. The van der Waals surface area contributed by atoms with Gasteiger partial charge in [-0.2, -0.15) is 0 Å². The zero-order chi connectivity index (χ0) is 5.70. The van der Waals surface area contributed by atoms with Crippen molar-refractivity contribution in [2.75, 3.05) is 0 Å². The van der Waals surface area contributed by atoms with Crippen molar-refractivity contribution in [1.82, 2.24) is 0 Å². The van der Waals surface area contributed by atoms with Crippen molar-refractivity contribution in [3.63, 3.8) is 0 Å². The Bertz CT molecular complexity index is 89.1. The second kappa shape index (κ2) is 7.57. The van der Waals surface area contributed by atoms with E-state index in [0.29, 0.717) is 0 Å². The molecule has 42 valence electrons. The molecule has 0 heterocycles. The number of rotatable bonds is 2. The molecule has 5 heteroatoms. The van der Waals surface area contributed by atoms with Gasteiger partial charge in [-0.15, -0.1) is 0 Å². The van der Waals surface area contributed by atoms with Crippen molar-refractivity contribution in [2.24, 2.45) is 0 Å². The molecule has 0 aromatic rings. The Balaban J connectivity index is -0.000000180. The molecule has 0 aliphatic rings. The number of hydrogen-bond donors (Lipinski definition) is 0. The van der Waals surface area contributed by atoms with Crippen molar-refractivity contribution >= 4 is 14.7 Å². The van der Waals surface area contributed by atoms with Gasteiger partial charge in [-0.05, 0) is 0 Å². The maximum atomic E-state index is 9.98. The van der Waals surface area contributed by atoms with Crippen LogP contribution >= 0.6 is 8.69 Å². The van der Waals surface area contributed by atoms with Gasteiger partial charge in [0.25, 0.3) is 0 Å². The van der Waals surface area contributed by atoms with E-state index in [2.05, 4.69) is 4.52 Å². The van der Waals surface area contributed by atoms with E-state index in [1.54, 1.807) is 6.92 Å². The minimum atomic E-state index is -0.560. The largest absolute Gasteiger partial charge is 1.00 e. The molecule has 0 unspecified atom stereocenters. The van der Waals surface area contributed by atoms with Gasteiger partial charge in [-0.1, -0.05) is 6.92 Å². The molecule has 0 rings (SSSR count). The van der Waals surface area contributed by atoms with Crippen molar-refractivity contribution in [3.05, 3.63) is 0 Å². The molecule has 8 heavy (non-hydrogen) atoms. The van der Waals surface area contributed by atoms with Crippen LogP contribution in [-0.4, -0.2) is 5.97 Å². The summed E-state index contributed by atoms with van der Waals surface area (Å²) in [5, 5.41) is 0. The summed E-state index contributed by atoms with van der Waals surface area (Å²) in [5.74, 6) is -0.448. The fourth-order valence-electron chi connectivity index (χ4n) is 0.106. The van der Waals surface area contributed by atoms with Gasteiger partial charge >= 0.3 is 44.2 Å². The Morgan fingerprint density at radius 1 is 1.88 bits per heavy atom. The number of hydrogen-bond acceptors (Lipinski definition) is 3. The van der Waals surface area contributed by atoms with Crippen LogP contribution in [-0.2, 0) is 13.9 Å². The summed E-state index contributed by atoms with van der Waals surface area (Å²) in [6.45, 7) is 1.63. The topological polar surface area (TPSA) is 43.4 Å². The Kier molecular flexibility index (Phi) is 10.8. The molecule has 0 saturated carbocycles. The molecule has 0 N–H and O–H groups in total. The van der Waals surface area contributed by atoms with Crippen LogP contribution in [0.3, 0.4) is 0 Å². The van der Waals surface area contributed by atoms with Crippen LogP contribution in [0.5, 0.6) is 0 Å². The van der Waals surface area contributed by atoms with Gasteiger partial charge in [0.1, 0.15) is 0 Å². The Labute approximate surface area is 72.8 Å². The molecule has 0 bridgehead atoms. The number of carbonyl (C=O) groups is 1. The summed E-state index contributed by atoms with van der Waals surface area (Å²) in [4.78, 5) is 9.98. The predicted octanol–water partition coefficient (Wildman–Crippen LogP) is -1.74. The molecule has 0 aromatic carbocycles. The van der Waals surface area contributed by atoms with Gasteiger partial charge in [-0.3, -0.25) is 4.79 Å². The van der Waals surface area contributed by atoms with E-state index in [4.69, 9.17) is 0 Å². The Morgan fingerprint density at radius 2 is 2.38 bits per heavy atom. The smallest absolute Gasteiger partial charge is 1.00 e. The van der Waals surface area contributed by atoms with Crippen LogP contribution in [0.1, 0.15) is 14.8 Å². The van der Waals surface area contributed by atoms with Gasteiger partial charge in [0.15, 0.2) is 0 Å². The van der Waals surface area contributed by atoms with E-state index >= 15 is 0 Å². The van der Waals surface area contributed by atoms with Gasteiger partial charge in [0.05, 0.1) is 0 Å². The monoisotopic (exact) mass is 144 g/mol. The van der Waals surface area contributed by atoms with E-state index < -0.39 is 14.7 Å². The Morgan fingerprint density at radius 3 is 2.50 bits per heavy atom. The third-order valence-corrected chi connectivity index (χ3v) is 0.706. The minimum absolute atomic E-state index is 0. The maximum Gasteiger partial charge on any atom is 1.00 e. The molecular weight excluding hydrogens is 138 g/mol. The minimum Gasteiger partial charge on any atom is -1.00 e. The molecule has 0 amide bonds. The summed E-state index contributed by atoms with van der Waals surface area (Å²) in [5.41, 5.74) is 0. The summed E-state index contributed by atoms with van der Waals surface area (Å²) in [6, 6.07) is 0. The summed E-state index contributed by atoms with van der Waals surface area (Å²) in [6.07, 6.45) is 0.273. The molecule has 0 aliphatic carbocycles. The zero-order valence-corrected chi connectivity index (χ0v) is 7.77. The van der Waals surface area contributed by atoms with Gasteiger partial charge in [-0.25, -0.2) is 4.57 Å². The first-order valence-corrected chi connectivity index (χ1v) is 2.56. The van der Waals surface area contributed by atoms with Crippen LogP contribution in [0.15, 0.2) is 0 Å². The van der Waals surface area contributed by atoms with Crippen LogP contribution in [0.2, 0.25) is 0 Å². The molecule has 0 radical (unpaired) electrons. The fourth-order valence-corrected chi connectivity index (χ4v) is 0.318. The standard InChI is InChI=1S/C3H5O3P.Na.H/c1-2-3(4)6-7-5;;/h2H2,1H3;;/q;+1;-1. The van der Waals surface area contributed by atoms with Crippen molar-refractivity contribution in [1.29, 1.82) is 0 Å². The van der Waals surface area contributed by atoms with E-state index in [0.717, 1.165) is 0 Å². The molecule has 0 atom stereocenters. The molecule has 0 aliphatic heterocycles. The maximum absolute atomic E-state index is 9.98. The van der Waals surface area contributed by atoms with E-state index in [1.807, 2.05) is 0 Å². The van der Waals surface area contributed by atoms with Crippen molar-refractivity contribution in [3.8, 4) is 0 Å². The first-order chi connectivity index (χ1) is 3.31. The van der Waals surface area contributed by atoms with Crippen LogP contribution < -0.4 is 29.6 Å². The second-order valence-electron chi connectivity index (χ2n) is 0.891. The summed E-state index contributed by atoms with van der Waals surface area (Å²) >= 11 is 0. The zero-order valence-electron chi connectivity index (χ0n) is 5.88. The number of carbonyl (C=O) groups excluding carboxylic acids is 1. The van der Waals surface area contributed by atoms with Gasteiger partial charge in [0.2, 0.25) is 0 Å². The average Bonchev–Trinajstić information content (AvgIpc) is 1.68.